The van der Waals surface area contributed by atoms with E-state index in [1.54, 1.807) is 30.5 Å². The van der Waals surface area contributed by atoms with Crippen molar-refractivity contribution in [1.82, 2.24) is 10.3 Å². The molecular formula is C14H14Cl2N2O. The molecule has 0 atom stereocenters. The number of nitrogens with one attached hydrogen (secondary N) is 1. The molecule has 0 radical (unpaired) electrons. The maximum atomic E-state index is 6.07. The van der Waals surface area contributed by atoms with Crippen molar-refractivity contribution >= 4 is 23.2 Å². The van der Waals surface area contributed by atoms with Crippen molar-refractivity contribution in [1.29, 1.82) is 0 Å². The van der Waals surface area contributed by atoms with Crippen LogP contribution in [0, 0.1) is 0 Å². The lowest BCUT2D eigenvalue weighted by Crippen LogP contribution is -2.12. The molecule has 2 aromatic rings. The molecule has 0 saturated heterocycles. The summed E-state index contributed by atoms with van der Waals surface area (Å²) in [5.41, 5.74) is 0.921. The zero-order chi connectivity index (χ0) is 13.7. The van der Waals surface area contributed by atoms with Crippen molar-refractivity contribution in [2.75, 3.05) is 6.54 Å². The number of benzene rings is 1. The molecule has 1 aromatic carbocycles. The predicted octanol–water partition coefficient (Wildman–Crippen LogP) is 4.29. The molecule has 1 N–H and O–H groups in total. The molecule has 100 valence electrons. The van der Waals surface area contributed by atoms with Gasteiger partial charge in [0.25, 0.3) is 0 Å². The van der Waals surface area contributed by atoms with Crippen LogP contribution >= 0.6 is 23.2 Å². The highest BCUT2D eigenvalue weighted by molar-refractivity contribution is 6.35. The Hall–Kier alpha value is -1.29. The predicted molar refractivity (Wildman–Crippen MR) is 78.2 cm³/mol. The molecule has 0 unspecified atom stereocenters. The van der Waals surface area contributed by atoms with Crippen LogP contribution in [-0.2, 0) is 6.54 Å². The first-order chi connectivity index (χ1) is 9.19. The van der Waals surface area contributed by atoms with E-state index in [1.807, 2.05) is 13.0 Å². The van der Waals surface area contributed by atoms with Gasteiger partial charge in [-0.2, -0.15) is 0 Å². The Balaban J connectivity index is 2.14. The maximum absolute atomic E-state index is 6.07. The van der Waals surface area contributed by atoms with Gasteiger partial charge in [0.2, 0.25) is 0 Å². The molecule has 0 aliphatic heterocycles. The summed E-state index contributed by atoms with van der Waals surface area (Å²) >= 11 is 11.9. The van der Waals surface area contributed by atoms with E-state index in [9.17, 15) is 0 Å². The van der Waals surface area contributed by atoms with Gasteiger partial charge < -0.3 is 10.1 Å². The normalized spacial score (nSPS) is 10.5. The SMILES string of the molecule is CCNCc1cc(Oc2ccc(Cl)cc2Cl)ccn1. The van der Waals surface area contributed by atoms with Crippen molar-refractivity contribution in [2.45, 2.75) is 13.5 Å². The summed E-state index contributed by atoms with van der Waals surface area (Å²) in [6.45, 7) is 3.66. The van der Waals surface area contributed by atoms with Gasteiger partial charge in [-0.1, -0.05) is 30.1 Å². The Labute approximate surface area is 122 Å². The molecule has 0 aliphatic rings. The second-order valence-corrected chi connectivity index (χ2v) is 4.78. The van der Waals surface area contributed by atoms with E-state index >= 15 is 0 Å². The fraction of sp³-hybridized carbons (Fsp3) is 0.214. The highest BCUT2D eigenvalue weighted by Crippen LogP contribution is 2.31. The number of hydrogen-bond acceptors (Lipinski definition) is 3. The number of nitrogens with zero attached hydrogens (tertiary/aromatic N) is 1. The lowest BCUT2D eigenvalue weighted by atomic mass is 10.3. The second-order valence-electron chi connectivity index (χ2n) is 3.94. The zero-order valence-electron chi connectivity index (χ0n) is 10.5. The van der Waals surface area contributed by atoms with Crippen molar-refractivity contribution in [3.63, 3.8) is 0 Å². The number of rotatable bonds is 5. The molecule has 3 nitrogen and oxygen atoms in total. The molecule has 0 spiro atoms. The highest BCUT2D eigenvalue weighted by atomic mass is 35.5. The van der Waals surface area contributed by atoms with Gasteiger partial charge in [-0.15, -0.1) is 0 Å². The van der Waals surface area contributed by atoms with Crippen LogP contribution in [0.4, 0.5) is 0 Å². The summed E-state index contributed by atoms with van der Waals surface area (Å²) in [6.07, 6.45) is 1.71. The van der Waals surface area contributed by atoms with Gasteiger partial charge in [0.15, 0.2) is 0 Å². The fourth-order valence-corrected chi connectivity index (χ4v) is 2.00. The first kappa shape index (κ1) is 14.1. The van der Waals surface area contributed by atoms with Gasteiger partial charge >= 0.3 is 0 Å². The molecule has 2 rings (SSSR count). The van der Waals surface area contributed by atoms with E-state index in [4.69, 9.17) is 27.9 Å². The highest BCUT2D eigenvalue weighted by Gasteiger charge is 2.05. The van der Waals surface area contributed by atoms with Crippen LogP contribution in [0.15, 0.2) is 36.5 Å². The third-order valence-electron chi connectivity index (χ3n) is 2.47. The summed E-state index contributed by atoms with van der Waals surface area (Å²) in [5, 5.41) is 4.28. The molecule has 19 heavy (non-hydrogen) atoms. The summed E-state index contributed by atoms with van der Waals surface area (Å²) in [6, 6.07) is 8.81. The van der Waals surface area contributed by atoms with E-state index in [1.165, 1.54) is 0 Å². The molecule has 0 aliphatic carbocycles. The largest absolute Gasteiger partial charge is 0.456 e. The number of pyridine rings is 1. The molecule has 0 saturated carbocycles. The molecule has 1 heterocycles. The first-order valence-corrected chi connectivity index (χ1v) is 6.73. The van der Waals surface area contributed by atoms with E-state index < -0.39 is 0 Å². The topological polar surface area (TPSA) is 34.1 Å². The Bertz CT molecular complexity index is 561. The fourth-order valence-electron chi connectivity index (χ4n) is 1.55. The van der Waals surface area contributed by atoms with Crippen LogP contribution in [0.25, 0.3) is 0 Å². The maximum Gasteiger partial charge on any atom is 0.146 e. The van der Waals surface area contributed by atoms with E-state index in [2.05, 4.69) is 10.3 Å². The van der Waals surface area contributed by atoms with E-state index in [0.29, 0.717) is 28.1 Å². The van der Waals surface area contributed by atoms with Gasteiger partial charge in [-0.25, -0.2) is 0 Å². The minimum atomic E-state index is 0.484. The number of halogens is 2. The molecule has 1 aromatic heterocycles. The number of ether oxygens (including phenoxy) is 1. The van der Waals surface area contributed by atoms with Gasteiger partial charge in [0.1, 0.15) is 11.5 Å². The zero-order valence-corrected chi connectivity index (χ0v) is 12.0. The average Bonchev–Trinajstić information content (AvgIpc) is 2.40. The third kappa shape index (κ3) is 4.10. The van der Waals surface area contributed by atoms with Gasteiger partial charge in [0.05, 0.1) is 10.7 Å². The molecule has 5 heteroatoms. The summed E-state index contributed by atoms with van der Waals surface area (Å²) in [4.78, 5) is 4.26. The summed E-state index contributed by atoms with van der Waals surface area (Å²) in [7, 11) is 0. The van der Waals surface area contributed by atoms with Crippen LogP contribution in [0.5, 0.6) is 11.5 Å². The minimum Gasteiger partial charge on any atom is -0.456 e. The van der Waals surface area contributed by atoms with Crippen LogP contribution in [-0.4, -0.2) is 11.5 Å². The Morgan fingerprint density at radius 2 is 2.05 bits per heavy atom. The van der Waals surface area contributed by atoms with Crippen LogP contribution in [0.3, 0.4) is 0 Å². The number of hydrogen-bond donors (Lipinski definition) is 1. The lowest BCUT2D eigenvalue weighted by Gasteiger charge is -2.09. The summed E-state index contributed by atoms with van der Waals surface area (Å²) < 4.78 is 5.73. The van der Waals surface area contributed by atoms with Crippen LogP contribution < -0.4 is 10.1 Å². The molecule has 0 fully saturated rings. The standard InChI is InChI=1S/C14H14Cl2N2O/c1-2-17-9-11-8-12(5-6-18-11)19-14-4-3-10(15)7-13(14)16/h3-8,17H,2,9H2,1H3. The number of aromatic nitrogens is 1. The monoisotopic (exact) mass is 296 g/mol. The quantitative estimate of drug-likeness (QED) is 0.894. The van der Waals surface area contributed by atoms with Crippen LogP contribution in [0.1, 0.15) is 12.6 Å². The first-order valence-electron chi connectivity index (χ1n) is 5.97. The van der Waals surface area contributed by atoms with Gasteiger partial charge in [0, 0.05) is 23.8 Å². The lowest BCUT2D eigenvalue weighted by molar-refractivity contribution is 0.480. The minimum absolute atomic E-state index is 0.484. The smallest absolute Gasteiger partial charge is 0.146 e. The summed E-state index contributed by atoms with van der Waals surface area (Å²) in [5.74, 6) is 1.28. The Morgan fingerprint density at radius 1 is 1.21 bits per heavy atom. The van der Waals surface area contributed by atoms with E-state index in [-0.39, 0.29) is 0 Å². The van der Waals surface area contributed by atoms with Gasteiger partial charge in [-0.3, -0.25) is 4.98 Å². The average molecular weight is 297 g/mol. The Kier molecular flexibility index (Phi) is 5.02. The molecule has 0 bridgehead atoms. The van der Waals surface area contributed by atoms with Crippen molar-refractivity contribution < 1.29 is 4.74 Å². The van der Waals surface area contributed by atoms with Gasteiger partial charge in [-0.05, 0) is 30.8 Å². The Morgan fingerprint density at radius 3 is 2.79 bits per heavy atom. The molecular weight excluding hydrogens is 283 g/mol. The molecule has 0 amide bonds. The van der Waals surface area contributed by atoms with Crippen LogP contribution in [0.2, 0.25) is 10.0 Å². The van der Waals surface area contributed by atoms with Crippen molar-refractivity contribution in [3.05, 3.63) is 52.3 Å². The second kappa shape index (κ2) is 6.75. The van der Waals surface area contributed by atoms with E-state index in [0.717, 1.165) is 12.2 Å². The van der Waals surface area contributed by atoms with Crippen molar-refractivity contribution in [3.8, 4) is 11.5 Å². The van der Waals surface area contributed by atoms with Crippen molar-refractivity contribution in [2.24, 2.45) is 0 Å². The third-order valence-corrected chi connectivity index (χ3v) is 3.00.